The van der Waals surface area contributed by atoms with Gasteiger partial charge < -0.3 is 10.1 Å². The maximum absolute atomic E-state index is 13.4. The lowest BCUT2D eigenvalue weighted by atomic mass is 9.75. The number of amidine groups is 1. The largest absolute Gasteiger partial charge is 0.494 e. The number of methoxy groups -OCH3 is 1. The van der Waals surface area contributed by atoms with Gasteiger partial charge in [0.25, 0.3) is 0 Å². The Balaban J connectivity index is 1.66. The molecular weight excluding hydrogens is 287 g/mol. The Bertz CT molecular complexity index is 541. The van der Waals surface area contributed by atoms with Crippen LogP contribution < -0.4 is 10.1 Å². The standard InChI is InChI=1S/C16H21FN2OS/c1-20-14-9-12(5-6-13(14)17)19-15-18-10-16(11-21-15)7-3-2-4-8-16/h5-6,9H,2-4,7-8,10-11H2,1H3,(H,18,19). The number of anilines is 1. The molecule has 21 heavy (non-hydrogen) atoms. The van der Waals surface area contributed by atoms with Gasteiger partial charge in [-0.2, -0.15) is 0 Å². The molecular formula is C16H21FN2OS. The molecule has 0 unspecified atom stereocenters. The molecule has 0 saturated heterocycles. The molecule has 1 fully saturated rings. The third kappa shape index (κ3) is 3.34. The molecule has 0 bridgehead atoms. The molecule has 0 radical (unpaired) electrons. The molecule has 114 valence electrons. The molecule has 0 aromatic heterocycles. The van der Waals surface area contributed by atoms with E-state index in [0.29, 0.717) is 5.41 Å². The summed E-state index contributed by atoms with van der Waals surface area (Å²) in [6.07, 6.45) is 6.67. The van der Waals surface area contributed by atoms with Crippen LogP contribution in [0.2, 0.25) is 0 Å². The van der Waals surface area contributed by atoms with Gasteiger partial charge in [0.1, 0.15) is 0 Å². The average molecular weight is 308 g/mol. The van der Waals surface area contributed by atoms with Crippen LogP contribution in [0.25, 0.3) is 0 Å². The van der Waals surface area contributed by atoms with Gasteiger partial charge in [0.05, 0.1) is 7.11 Å². The Morgan fingerprint density at radius 3 is 2.76 bits per heavy atom. The summed E-state index contributed by atoms with van der Waals surface area (Å²) >= 11 is 1.79. The molecule has 0 amide bonds. The minimum Gasteiger partial charge on any atom is -0.494 e. The second-order valence-corrected chi connectivity index (χ2v) is 6.91. The van der Waals surface area contributed by atoms with E-state index in [1.165, 1.54) is 45.3 Å². The first-order chi connectivity index (χ1) is 10.2. The van der Waals surface area contributed by atoms with Gasteiger partial charge in [0.2, 0.25) is 0 Å². The Morgan fingerprint density at radius 1 is 1.29 bits per heavy atom. The summed E-state index contributed by atoms with van der Waals surface area (Å²) in [7, 11) is 1.47. The SMILES string of the molecule is COc1cc(NC2=NCC3(CCCCC3)CS2)ccc1F. The van der Waals surface area contributed by atoms with Crippen molar-refractivity contribution in [1.29, 1.82) is 0 Å². The lowest BCUT2D eigenvalue weighted by Crippen LogP contribution is -2.35. The summed E-state index contributed by atoms with van der Waals surface area (Å²) < 4.78 is 18.4. The number of nitrogens with zero attached hydrogens (tertiary/aromatic N) is 1. The number of ether oxygens (including phenoxy) is 1. The molecule has 5 heteroatoms. The first-order valence-corrected chi connectivity index (χ1v) is 8.47. The van der Waals surface area contributed by atoms with E-state index >= 15 is 0 Å². The number of nitrogens with one attached hydrogen (secondary N) is 1. The number of hydrogen-bond donors (Lipinski definition) is 1. The molecule has 1 aliphatic carbocycles. The minimum absolute atomic E-state index is 0.255. The lowest BCUT2D eigenvalue weighted by molar-refractivity contribution is 0.232. The third-order valence-corrected chi connectivity index (χ3v) is 5.65. The third-order valence-electron chi connectivity index (χ3n) is 4.39. The van der Waals surface area contributed by atoms with Crippen molar-refractivity contribution >= 4 is 22.6 Å². The summed E-state index contributed by atoms with van der Waals surface area (Å²) in [6, 6.07) is 4.80. The van der Waals surface area contributed by atoms with Crippen molar-refractivity contribution in [3.8, 4) is 5.75 Å². The Kier molecular flexibility index (Phi) is 4.38. The summed E-state index contributed by atoms with van der Waals surface area (Å²) in [5, 5.41) is 4.20. The normalized spacial score (nSPS) is 21.0. The van der Waals surface area contributed by atoms with E-state index in [9.17, 15) is 4.39 Å². The zero-order valence-electron chi connectivity index (χ0n) is 12.3. The number of halogens is 1. The van der Waals surface area contributed by atoms with Gasteiger partial charge in [0.15, 0.2) is 16.7 Å². The number of hydrogen-bond acceptors (Lipinski definition) is 4. The van der Waals surface area contributed by atoms with Crippen LogP contribution in [0.4, 0.5) is 10.1 Å². The van der Waals surface area contributed by atoms with Crippen LogP contribution in [0, 0.1) is 11.2 Å². The van der Waals surface area contributed by atoms with Crippen LogP contribution >= 0.6 is 11.8 Å². The molecule has 1 saturated carbocycles. The molecule has 3 rings (SSSR count). The number of thioether (sulfide) groups is 1. The fourth-order valence-corrected chi connectivity index (χ4v) is 4.26. The predicted molar refractivity (Wildman–Crippen MR) is 86.9 cm³/mol. The van der Waals surface area contributed by atoms with Crippen LogP contribution in [0.1, 0.15) is 32.1 Å². The smallest absolute Gasteiger partial charge is 0.165 e. The second-order valence-electron chi connectivity index (χ2n) is 5.95. The highest BCUT2D eigenvalue weighted by Crippen LogP contribution is 2.42. The first kappa shape index (κ1) is 14.7. The molecule has 1 N–H and O–H groups in total. The van der Waals surface area contributed by atoms with Crippen molar-refractivity contribution in [2.24, 2.45) is 10.4 Å². The fourth-order valence-electron chi connectivity index (χ4n) is 3.09. The first-order valence-electron chi connectivity index (χ1n) is 7.49. The summed E-state index contributed by atoms with van der Waals surface area (Å²) in [4.78, 5) is 4.71. The van der Waals surface area contributed by atoms with E-state index in [0.717, 1.165) is 23.2 Å². The van der Waals surface area contributed by atoms with E-state index in [2.05, 4.69) is 5.32 Å². The molecule has 1 heterocycles. The van der Waals surface area contributed by atoms with Gasteiger partial charge in [-0.05, 0) is 30.4 Å². The Hall–Kier alpha value is -1.23. The van der Waals surface area contributed by atoms with E-state index in [4.69, 9.17) is 9.73 Å². The number of rotatable bonds is 2. The summed E-state index contributed by atoms with van der Waals surface area (Å²) in [5.41, 5.74) is 1.24. The highest BCUT2D eigenvalue weighted by molar-refractivity contribution is 8.14. The van der Waals surface area contributed by atoms with Gasteiger partial charge in [-0.3, -0.25) is 4.99 Å². The fraction of sp³-hybridized carbons (Fsp3) is 0.562. The maximum Gasteiger partial charge on any atom is 0.165 e. The van der Waals surface area contributed by atoms with Gasteiger partial charge >= 0.3 is 0 Å². The van der Waals surface area contributed by atoms with Crippen LogP contribution in [0.15, 0.2) is 23.2 Å². The maximum atomic E-state index is 13.4. The molecule has 1 aromatic rings. The van der Waals surface area contributed by atoms with Gasteiger partial charge in [-0.25, -0.2) is 4.39 Å². The van der Waals surface area contributed by atoms with E-state index in [1.54, 1.807) is 23.9 Å². The van der Waals surface area contributed by atoms with Crippen molar-refractivity contribution in [3.63, 3.8) is 0 Å². The van der Waals surface area contributed by atoms with Gasteiger partial charge in [0, 0.05) is 24.1 Å². The summed E-state index contributed by atoms with van der Waals surface area (Å²) in [6.45, 7) is 0.917. The number of benzene rings is 1. The minimum atomic E-state index is -0.345. The van der Waals surface area contributed by atoms with E-state index in [-0.39, 0.29) is 11.6 Å². The zero-order chi connectivity index (χ0) is 14.7. The van der Waals surface area contributed by atoms with Crippen LogP contribution in [0.5, 0.6) is 5.75 Å². The summed E-state index contributed by atoms with van der Waals surface area (Å²) in [5.74, 6) is 1.05. The van der Waals surface area contributed by atoms with Crippen molar-refractivity contribution in [3.05, 3.63) is 24.0 Å². The number of aliphatic imine (C=N–C) groups is 1. The van der Waals surface area contributed by atoms with Crippen LogP contribution in [-0.4, -0.2) is 24.6 Å². The van der Waals surface area contributed by atoms with E-state index in [1.807, 2.05) is 0 Å². The zero-order valence-corrected chi connectivity index (χ0v) is 13.1. The van der Waals surface area contributed by atoms with Crippen LogP contribution in [-0.2, 0) is 0 Å². The lowest BCUT2D eigenvalue weighted by Gasteiger charge is -2.38. The second kappa shape index (κ2) is 6.26. The highest BCUT2D eigenvalue weighted by Gasteiger charge is 2.34. The predicted octanol–water partition coefficient (Wildman–Crippen LogP) is 4.30. The van der Waals surface area contributed by atoms with Crippen molar-refractivity contribution in [2.45, 2.75) is 32.1 Å². The van der Waals surface area contributed by atoms with Crippen molar-refractivity contribution < 1.29 is 9.13 Å². The quantitative estimate of drug-likeness (QED) is 0.884. The molecule has 0 atom stereocenters. The van der Waals surface area contributed by atoms with Gasteiger partial charge in [-0.1, -0.05) is 31.0 Å². The molecule has 1 aromatic carbocycles. The molecule has 2 aliphatic rings. The molecule has 1 spiro atoms. The Morgan fingerprint density at radius 2 is 2.10 bits per heavy atom. The van der Waals surface area contributed by atoms with E-state index < -0.39 is 0 Å². The topological polar surface area (TPSA) is 33.6 Å². The van der Waals surface area contributed by atoms with Crippen molar-refractivity contribution in [1.82, 2.24) is 0 Å². The van der Waals surface area contributed by atoms with Crippen LogP contribution in [0.3, 0.4) is 0 Å². The van der Waals surface area contributed by atoms with Gasteiger partial charge in [-0.15, -0.1) is 0 Å². The van der Waals surface area contributed by atoms with Crippen molar-refractivity contribution in [2.75, 3.05) is 24.7 Å². The average Bonchev–Trinajstić information content (AvgIpc) is 2.52. The Labute approximate surface area is 129 Å². The molecule has 3 nitrogen and oxygen atoms in total. The monoisotopic (exact) mass is 308 g/mol. The highest BCUT2D eigenvalue weighted by atomic mass is 32.2. The molecule has 1 aliphatic heterocycles.